The van der Waals surface area contributed by atoms with Crippen molar-refractivity contribution in [1.82, 2.24) is 0 Å². The fourth-order valence-corrected chi connectivity index (χ4v) is 2.94. The molecule has 26 heavy (non-hydrogen) atoms. The van der Waals surface area contributed by atoms with E-state index in [4.69, 9.17) is 9.47 Å². The molecule has 0 bridgehead atoms. The number of ether oxygens (including phenoxy) is 2. The van der Waals surface area contributed by atoms with Crippen molar-refractivity contribution in [2.45, 2.75) is 6.42 Å². The average molecular weight is 353 g/mol. The van der Waals surface area contributed by atoms with E-state index >= 15 is 0 Å². The molecule has 1 heterocycles. The average Bonchev–Trinajstić information content (AvgIpc) is 2.86. The molecule has 0 spiro atoms. The number of fused-ring (bicyclic) bond motifs is 2. The van der Waals surface area contributed by atoms with Crippen LogP contribution < -0.4 is 14.8 Å². The molecular formula is C20H16FNO4. The Bertz CT molecular complexity index is 1000. The first-order chi connectivity index (χ1) is 12.6. The zero-order valence-corrected chi connectivity index (χ0v) is 13.8. The van der Waals surface area contributed by atoms with Gasteiger partial charge in [0.15, 0.2) is 11.5 Å². The summed E-state index contributed by atoms with van der Waals surface area (Å²) in [4.78, 5) is 11.7. The van der Waals surface area contributed by atoms with Crippen LogP contribution in [0.1, 0.15) is 16.8 Å². The molecule has 5 nitrogen and oxygen atoms in total. The molecule has 0 aliphatic carbocycles. The van der Waals surface area contributed by atoms with E-state index in [-0.39, 0.29) is 11.4 Å². The number of carboxylic acids is 1. The summed E-state index contributed by atoms with van der Waals surface area (Å²) in [5.74, 6) is -0.419. The first-order valence-corrected chi connectivity index (χ1v) is 8.23. The second-order valence-electron chi connectivity index (χ2n) is 6.03. The van der Waals surface area contributed by atoms with Crippen LogP contribution in [0.2, 0.25) is 0 Å². The Morgan fingerprint density at radius 1 is 0.962 bits per heavy atom. The molecule has 3 aromatic rings. The highest BCUT2D eigenvalue weighted by molar-refractivity contribution is 5.97. The minimum Gasteiger partial charge on any atom is -0.490 e. The van der Waals surface area contributed by atoms with Crippen LogP contribution in [0.5, 0.6) is 11.5 Å². The third-order valence-corrected chi connectivity index (χ3v) is 4.20. The summed E-state index contributed by atoms with van der Waals surface area (Å²) in [6.07, 6.45) is 0.737. The molecule has 6 heteroatoms. The van der Waals surface area contributed by atoms with Crippen molar-refractivity contribution in [1.29, 1.82) is 0 Å². The zero-order chi connectivity index (χ0) is 18.1. The van der Waals surface area contributed by atoms with Crippen molar-refractivity contribution in [2.24, 2.45) is 0 Å². The predicted molar refractivity (Wildman–Crippen MR) is 96.2 cm³/mol. The highest BCUT2D eigenvalue weighted by Crippen LogP contribution is 2.36. The zero-order valence-electron chi connectivity index (χ0n) is 13.8. The van der Waals surface area contributed by atoms with Crippen LogP contribution in [-0.2, 0) is 0 Å². The molecule has 0 amide bonds. The van der Waals surface area contributed by atoms with Gasteiger partial charge in [-0.3, -0.25) is 0 Å². The molecule has 0 unspecified atom stereocenters. The van der Waals surface area contributed by atoms with E-state index in [1.807, 2.05) is 6.07 Å². The molecule has 4 rings (SSSR count). The molecule has 0 radical (unpaired) electrons. The Kier molecular flexibility index (Phi) is 4.08. The third kappa shape index (κ3) is 3.13. The van der Waals surface area contributed by atoms with E-state index in [2.05, 4.69) is 5.32 Å². The van der Waals surface area contributed by atoms with Gasteiger partial charge in [-0.05, 0) is 35.0 Å². The van der Waals surface area contributed by atoms with Crippen LogP contribution in [0.15, 0.2) is 48.5 Å². The van der Waals surface area contributed by atoms with Crippen molar-refractivity contribution in [3.63, 3.8) is 0 Å². The number of rotatable bonds is 3. The van der Waals surface area contributed by atoms with Gasteiger partial charge in [-0.2, -0.15) is 0 Å². The van der Waals surface area contributed by atoms with Crippen molar-refractivity contribution in [3.8, 4) is 11.5 Å². The predicted octanol–water partition coefficient (Wildman–Crippen LogP) is 4.58. The van der Waals surface area contributed by atoms with Crippen LogP contribution in [0.25, 0.3) is 10.8 Å². The number of carboxylic acid groups (broad SMARTS) is 1. The second kappa shape index (κ2) is 6.55. The van der Waals surface area contributed by atoms with Gasteiger partial charge >= 0.3 is 5.97 Å². The number of aromatic carboxylic acids is 1. The molecule has 132 valence electrons. The molecule has 0 saturated carbocycles. The fourth-order valence-electron chi connectivity index (χ4n) is 2.94. The molecule has 1 aliphatic rings. The van der Waals surface area contributed by atoms with Gasteiger partial charge < -0.3 is 19.9 Å². The number of halogens is 1. The summed E-state index contributed by atoms with van der Waals surface area (Å²) in [6, 6.07) is 13.0. The van der Waals surface area contributed by atoms with Crippen LogP contribution in [-0.4, -0.2) is 24.3 Å². The molecule has 0 fully saturated rings. The summed E-state index contributed by atoms with van der Waals surface area (Å²) < 4.78 is 24.5. The lowest BCUT2D eigenvalue weighted by atomic mass is 10.1. The number of benzene rings is 3. The smallest absolute Gasteiger partial charge is 0.337 e. The molecular weight excluding hydrogens is 337 g/mol. The number of hydrogen-bond donors (Lipinski definition) is 2. The minimum absolute atomic E-state index is 0.0912. The molecule has 0 saturated heterocycles. The SMILES string of the molecule is O=C(O)c1cc2c(cc1Nc1ccc3cc(F)ccc3c1)OCCCO2. The number of hydrogen-bond acceptors (Lipinski definition) is 4. The Labute approximate surface area is 149 Å². The first kappa shape index (κ1) is 16.2. The third-order valence-electron chi connectivity index (χ3n) is 4.20. The van der Waals surface area contributed by atoms with E-state index in [0.717, 1.165) is 17.2 Å². The topological polar surface area (TPSA) is 67.8 Å². The van der Waals surface area contributed by atoms with Gasteiger partial charge in [0, 0.05) is 24.2 Å². The largest absolute Gasteiger partial charge is 0.490 e. The first-order valence-electron chi connectivity index (χ1n) is 8.23. The summed E-state index contributed by atoms with van der Waals surface area (Å²) in [5, 5.41) is 14.3. The van der Waals surface area contributed by atoms with Gasteiger partial charge in [0.25, 0.3) is 0 Å². The Morgan fingerprint density at radius 3 is 2.42 bits per heavy atom. The quantitative estimate of drug-likeness (QED) is 0.721. The van der Waals surface area contributed by atoms with Crippen LogP contribution in [0.4, 0.5) is 15.8 Å². The van der Waals surface area contributed by atoms with Gasteiger partial charge in [0.05, 0.1) is 24.5 Å². The maximum Gasteiger partial charge on any atom is 0.337 e. The lowest BCUT2D eigenvalue weighted by Crippen LogP contribution is -2.04. The van der Waals surface area contributed by atoms with Crippen molar-refractivity contribution in [3.05, 3.63) is 59.9 Å². The molecule has 1 aliphatic heterocycles. The maximum absolute atomic E-state index is 13.3. The van der Waals surface area contributed by atoms with Gasteiger partial charge in [-0.15, -0.1) is 0 Å². The minimum atomic E-state index is -1.06. The summed E-state index contributed by atoms with van der Waals surface area (Å²) in [7, 11) is 0. The number of anilines is 2. The van der Waals surface area contributed by atoms with Crippen molar-refractivity contribution < 1.29 is 23.8 Å². The van der Waals surface area contributed by atoms with E-state index in [9.17, 15) is 14.3 Å². The number of carbonyl (C=O) groups is 1. The highest BCUT2D eigenvalue weighted by Gasteiger charge is 2.19. The fraction of sp³-hybridized carbons (Fsp3) is 0.150. The van der Waals surface area contributed by atoms with Gasteiger partial charge in [0.1, 0.15) is 5.82 Å². The van der Waals surface area contributed by atoms with Gasteiger partial charge in [0.2, 0.25) is 0 Å². The second-order valence-corrected chi connectivity index (χ2v) is 6.03. The standard InChI is InChI=1S/C20H16FNO4/c21-14-4-2-13-9-15(5-3-12(13)8-14)22-17-11-19-18(10-16(17)20(23)24)25-6-1-7-26-19/h2-5,8-11,22H,1,6-7H2,(H,23,24). The maximum atomic E-state index is 13.3. The van der Waals surface area contributed by atoms with E-state index in [1.165, 1.54) is 18.2 Å². The molecule has 3 aromatic carbocycles. The lowest BCUT2D eigenvalue weighted by Gasteiger charge is -2.14. The lowest BCUT2D eigenvalue weighted by molar-refractivity contribution is 0.0697. The van der Waals surface area contributed by atoms with E-state index < -0.39 is 5.97 Å². The van der Waals surface area contributed by atoms with E-state index in [1.54, 1.807) is 24.3 Å². The number of nitrogens with one attached hydrogen (secondary N) is 1. The van der Waals surface area contributed by atoms with Crippen LogP contribution in [0, 0.1) is 5.82 Å². The molecule has 2 N–H and O–H groups in total. The summed E-state index contributed by atoms with van der Waals surface area (Å²) in [5.41, 5.74) is 1.19. The van der Waals surface area contributed by atoms with E-state index in [0.29, 0.717) is 36.1 Å². The van der Waals surface area contributed by atoms with Crippen molar-refractivity contribution in [2.75, 3.05) is 18.5 Å². The Hall–Kier alpha value is -3.28. The summed E-state index contributed by atoms with van der Waals surface area (Å²) in [6.45, 7) is 1.00. The monoisotopic (exact) mass is 353 g/mol. The Balaban J connectivity index is 1.74. The van der Waals surface area contributed by atoms with Crippen LogP contribution >= 0.6 is 0 Å². The molecule has 0 atom stereocenters. The molecule has 0 aromatic heterocycles. The van der Waals surface area contributed by atoms with Crippen LogP contribution in [0.3, 0.4) is 0 Å². The van der Waals surface area contributed by atoms with Crippen molar-refractivity contribution >= 4 is 28.1 Å². The normalized spacial score (nSPS) is 13.3. The van der Waals surface area contributed by atoms with Gasteiger partial charge in [-0.1, -0.05) is 12.1 Å². The van der Waals surface area contributed by atoms with Gasteiger partial charge in [-0.25, -0.2) is 9.18 Å². The summed E-state index contributed by atoms with van der Waals surface area (Å²) >= 11 is 0. The highest BCUT2D eigenvalue weighted by atomic mass is 19.1. The Morgan fingerprint density at radius 2 is 1.65 bits per heavy atom.